The first-order valence-electron chi connectivity index (χ1n) is 7.28. The normalized spacial score (nSPS) is 27.1. The predicted octanol–water partition coefficient (Wildman–Crippen LogP) is 3.75. The summed E-state index contributed by atoms with van der Waals surface area (Å²) in [5.74, 6) is 1.46. The van der Waals surface area contributed by atoms with Gasteiger partial charge in [-0.2, -0.15) is 0 Å². The molecular weight excluding hydrogens is 234 g/mol. The minimum absolute atomic E-state index is 0.183. The van der Waals surface area contributed by atoms with Crippen molar-refractivity contribution in [2.45, 2.75) is 52.0 Å². The highest BCUT2D eigenvalue weighted by Crippen LogP contribution is 2.38. The largest absolute Gasteiger partial charge is 0.343 e. The molecule has 2 rings (SSSR count). The molecule has 1 aromatic carbocycles. The van der Waals surface area contributed by atoms with Crippen LogP contribution in [0.2, 0.25) is 0 Å². The maximum Gasteiger partial charge on any atom is 0.219 e. The van der Waals surface area contributed by atoms with Crippen molar-refractivity contribution in [1.29, 1.82) is 0 Å². The molecule has 0 saturated heterocycles. The maximum atomic E-state index is 11.6. The van der Waals surface area contributed by atoms with Gasteiger partial charge in [0, 0.05) is 20.0 Å². The van der Waals surface area contributed by atoms with Gasteiger partial charge in [0.15, 0.2) is 0 Å². The van der Waals surface area contributed by atoms with E-state index in [-0.39, 0.29) is 5.91 Å². The Morgan fingerprint density at radius 3 is 2.53 bits per heavy atom. The lowest BCUT2D eigenvalue weighted by molar-refractivity contribution is -0.130. The molecule has 1 amide bonds. The van der Waals surface area contributed by atoms with Gasteiger partial charge in [-0.3, -0.25) is 4.79 Å². The number of nitrogens with zero attached hydrogens (tertiary/aromatic N) is 1. The summed E-state index contributed by atoms with van der Waals surface area (Å²) in [5, 5.41) is 0. The second-order valence-electron chi connectivity index (χ2n) is 6.15. The fraction of sp³-hybridized carbons (Fsp3) is 0.588. The van der Waals surface area contributed by atoms with E-state index in [1.54, 1.807) is 6.92 Å². The summed E-state index contributed by atoms with van der Waals surface area (Å²) in [7, 11) is 1.94. The summed E-state index contributed by atoms with van der Waals surface area (Å²) in [6.07, 6.45) is 3.48. The summed E-state index contributed by atoms with van der Waals surface area (Å²) in [6, 6.07) is 9.07. The molecule has 104 valence electrons. The number of benzene rings is 1. The van der Waals surface area contributed by atoms with Gasteiger partial charge in [-0.25, -0.2) is 0 Å². The first-order valence-corrected chi connectivity index (χ1v) is 7.28. The first kappa shape index (κ1) is 14.1. The van der Waals surface area contributed by atoms with Gasteiger partial charge in [0.2, 0.25) is 5.91 Å². The Bertz CT molecular complexity index is 454. The number of hydrogen-bond acceptors (Lipinski definition) is 1. The van der Waals surface area contributed by atoms with Gasteiger partial charge in [-0.1, -0.05) is 31.2 Å². The molecule has 0 spiro atoms. The molecular formula is C17H25NO. The average Bonchev–Trinajstić information content (AvgIpc) is 2.37. The van der Waals surface area contributed by atoms with E-state index >= 15 is 0 Å². The summed E-state index contributed by atoms with van der Waals surface area (Å²) in [6.45, 7) is 6.17. The van der Waals surface area contributed by atoms with Gasteiger partial charge in [-0.15, -0.1) is 0 Å². The van der Waals surface area contributed by atoms with Crippen molar-refractivity contribution < 1.29 is 4.79 Å². The molecule has 1 fully saturated rings. The summed E-state index contributed by atoms with van der Waals surface area (Å²) >= 11 is 0. The third-order valence-electron chi connectivity index (χ3n) is 4.59. The second-order valence-corrected chi connectivity index (χ2v) is 6.15. The zero-order valence-electron chi connectivity index (χ0n) is 12.5. The van der Waals surface area contributed by atoms with Crippen molar-refractivity contribution in [3.05, 3.63) is 35.4 Å². The fourth-order valence-corrected chi connectivity index (χ4v) is 3.44. The minimum atomic E-state index is 0.183. The van der Waals surface area contributed by atoms with Crippen LogP contribution in [0.1, 0.15) is 50.2 Å². The lowest BCUT2D eigenvalue weighted by Gasteiger charge is -2.38. The van der Waals surface area contributed by atoms with Gasteiger partial charge in [0.05, 0.1) is 0 Å². The molecule has 2 unspecified atom stereocenters. The van der Waals surface area contributed by atoms with E-state index in [0.717, 1.165) is 12.8 Å². The van der Waals surface area contributed by atoms with Crippen molar-refractivity contribution in [3.8, 4) is 0 Å². The summed E-state index contributed by atoms with van der Waals surface area (Å²) < 4.78 is 0. The number of aryl methyl sites for hydroxylation is 1. The van der Waals surface area contributed by atoms with Gasteiger partial charge in [0.25, 0.3) is 0 Å². The highest BCUT2D eigenvalue weighted by molar-refractivity contribution is 5.73. The van der Waals surface area contributed by atoms with Crippen LogP contribution in [0, 0.1) is 12.8 Å². The van der Waals surface area contributed by atoms with Crippen LogP contribution in [0.25, 0.3) is 0 Å². The molecule has 3 atom stereocenters. The number of rotatable bonds is 2. The van der Waals surface area contributed by atoms with Crippen LogP contribution < -0.4 is 0 Å². The molecule has 1 aliphatic rings. The van der Waals surface area contributed by atoms with Crippen molar-refractivity contribution in [2.24, 2.45) is 5.92 Å². The van der Waals surface area contributed by atoms with Crippen LogP contribution in [0.5, 0.6) is 0 Å². The lowest BCUT2D eigenvalue weighted by atomic mass is 9.75. The molecule has 0 heterocycles. The highest BCUT2D eigenvalue weighted by Gasteiger charge is 2.31. The molecule has 1 aromatic rings. The second kappa shape index (κ2) is 5.77. The van der Waals surface area contributed by atoms with E-state index in [2.05, 4.69) is 38.1 Å². The Labute approximate surface area is 116 Å². The van der Waals surface area contributed by atoms with E-state index in [1.807, 2.05) is 11.9 Å². The Hall–Kier alpha value is -1.31. The molecule has 2 nitrogen and oxygen atoms in total. The van der Waals surface area contributed by atoms with Crippen molar-refractivity contribution in [1.82, 2.24) is 4.90 Å². The van der Waals surface area contributed by atoms with Crippen molar-refractivity contribution >= 4 is 5.91 Å². The third kappa shape index (κ3) is 3.17. The smallest absolute Gasteiger partial charge is 0.219 e. The van der Waals surface area contributed by atoms with Crippen molar-refractivity contribution in [3.63, 3.8) is 0 Å². The Morgan fingerprint density at radius 2 is 1.89 bits per heavy atom. The third-order valence-corrected chi connectivity index (χ3v) is 4.59. The molecule has 0 radical (unpaired) electrons. The van der Waals surface area contributed by atoms with Crippen LogP contribution in [-0.2, 0) is 4.79 Å². The lowest BCUT2D eigenvalue weighted by Crippen LogP contribution is -2.40. The number of carbonyl (C=O) groups is 1. The van der Waals surface area contributed by atoms with Crippen LogP contribution in [0.4, 0.5) is 0 Å². The molecule has 0 bridgehead atoms. The Kier molecular flexibility index (Phi) is 4.28. The minimum Gasteiger partial charge on any atom is -0.343 e. The quantitative estimate of drug-likeness (QED) is 0.792. The molecule has 2 heteroatoms. The van der Waals surface area contributed by atoms with Gasteiger partial charge < -0.3 is 4.90 Å². The molecule has 1 aliphatic carbocycles. The molecule has 0 N–H and O–H groups in total. The Balaban J connectivity index is 2.19. The molecule has 0 aliphatic heterocycles. The average molecular weight is 259 g/mol. The summed E-state index contributed by atoms with van der Waals surface area (Å²) in [5.41, 5.74) is 2.85. The zero-order chi connectivity index (χ0) is 14.0. The van der Waals surface area contributed by atoms with Crippen LogP contribution >= 0.6 is 0 Å². The number of carbonyl (C=O) groups excluding carboxylic acids is 1. The monoisotopic (exact) mass is 259 g/mol. The van der Waals surface area contributed by atoms with Crippen LogP contribution in [0.15, 0.2) is 24.3 Å². The van der Waals surface area contributed by atoms with E-state index in [9.17, 15) is 4.79 Å². The van der Waals surface area contributed by atoms with E-state index in [4.69, 9.17) is 0 Å². The van der Waals surface area contributed by atoms with Gasteiger partial charge >= 0.3 is 0 Å². The van der Waals surface area contributed by atoms with E-state index < -0.39 is 0 Å². The highest BCUT2D eigenvalue weighted by atomic mass is 16.2. The van der Waals surface area contributed by atoms with Crippen LogP contribution in [-0.4, -0.2) is 23.9 Å². The summed E-state index contributed by atoms with van der Waals surface area (Å²) in [4.78, 5) is 13.5. The van der Waals surface area contributed by atoms with E-state index in [0.29, 0.717) is 17.9 Å². The number of hydrogen-bond donors (Lipinski definition) is 0. The number of amides is 1. The first-order chi connectivity index (χ1) is 8.99. The molecule has 1 saturated carbocycles. The topological polar surface area (TPSA) is 20.3 Å². The standard InChI is InChI=1S/C17H25NO/c1-12-9-15(17-8-6-5-7-13(17)2)11-16(10-12)18(4)14(3)19/h5-8,12,15-16H,9-11H2,1-4H3/t12-,15?,16?/m0/s1. The fourth-order valence-electron chi connectivity index (χ4n) is 3.44. The van der Waals surface area contributed by atoms with Crippen molar-refractivity contribution in [2.75, 3.05) is 7.05 Å². The predicted molar refractivity (Wildman–Crippen MR) is 79.2 cm³/mol. The van der Waals surface area contributed by atoms with Gasteiger partial charge in [0.1, 0.15) is 0 Å². The Morgan fingerprint density at radius 1 is 1.21 bits per heavy atom. The molecule has 0 aromatic heterocycles. The SMILES string of the molecule is CC(=O)N(C)C1CC(c2ccccc2C)C[C@H](C)C1. The van der Waals surface area contributed by atoms with Gasteiger partial charge in [-0.05, 0) is 49.1 Å². The van der Waals surface area contributed by atoms with Crippen LogP contribution in [0.3, 0.4) is 0 Å². The molecule has 19 heavy (non-hydrogen) atoms. The zero-order valence-corrected chi connectivity index (χ0v) is 12.5. The van der Waals surface area contributed by atoms with E-state index in [1.165, 1.54) is 17.5 Å². The maximum absolute atomic E-state index is 11.6.